The molecule has 1 saturated heterocycles. The molecule has 1 aromatic rings. The largest absolute Gasteiger partial charge is 0.505 e. The highest BCUT2D eigenvalue weighted by Gasteiger charge is 2.29. The minimum Gasteiger partial charge on any atom is -0.505 e. The summed E-state index contributed by atoms with van der Waals surface area (Å²) < 4.78 is 4.91. The molecule has 0 spiro atoms. The smallest absolute Gasteiger partial charge is 0.253 e. The summed E-state index contributed by atoms with van der Waals surface area (Å²) in [7, 11) is 1.63. The molecule has 0 N–H and O–H groups in total. The van der Waals surface area contributed by atoms with E-state index in [0.717, 1.165) is 68.7 Å². The number of aromatic nitrogens is 2. The van der Waals surface area contributed by atoms with Gasteiger partial charge in [-0.3, -0.25) is 9.69 Å². The van der Waals surface area contributed by atoms with Crippen molar-refractivity contribution in [2.75, 3.05) is 51.3 Å². The van der Waals surface area contributed by atoms with E-state index in [0.29, 0.717) is 13.1 Å². The number of carbonyl (C=O) groups is 1. The predicted octanol–water partition coefficient (Wildman–Crippen LogP) is 3.13. The Morgan fingerprint density at radius 3 is 2.61 bits per heavy atom. The lowest BCUT2D eigenvalue weighted by Crippen LogP contribution is -2.52. The number of amides is 1. The Bertz CT molecular complexity index is 898. The highest BCUT2D eigenvalue weighted by Crippen LogP contribution is 2.26. The van der Waals surface area contributed by atoms with Gasteiger partial charge in [0.05, 0.1) is 19.1 Å². The first kappa shape index (κ1) is 23.5. The van der Waals surface area contributed by atoms with Crippen molar-refractivity contribution >= 4 is 11.9 Å². The maximum absolute atomic E-state index is 13.1. The molecule has 33 heavy (non-hydrogen) atoms. The van der Waals surface area contributed by atoms with Crippen LogP contribution in [0, 0.1) is 0 Å². The van der Waals surface area contributed by atoms with Crippen LogP contribution in [0.4, 0.5) is 5.95 Å². The summed E-state index contributed by atoms with van der Waals surface area (Å²) in [5.41, 5.74) is 2.99. The highest BCUT2D eigenvalue weighted by atomic mass is 16.5. The third-order valence-electron chi connectivity index (χ3n) is 7.05. The number of hydrogen-bond donors (Lipinski definition) is 0. The van der Waals surface area contributed by atoms with E-state index >= 15 is 0 Å². The number of carbonyl (C=O) groups excluding carboxylic acids is 1. The predicted molar refractivity (Wildman–Crippen MR) is 131 cm³/mol. The lowest BCUT2D eigenvalue weighted by atomic mass is 9.91. The van der Waals surface area contributed by atoms with Gasteiger partial charge in [0.1, 0.15) is 0 Å². The average Bonchev–Trinajstić information content (AvgIpc) is 3.03. The number of piperazine rings is 1. The van der Waals surface area contributed by atoms with Crippen molar-refractivity contribution in [3.63, 3.8) is 0 Å². The standard InChI is InChI=1S/C26H37N5O2/c1-3-21(8-5-4-6-19-33-2)25(32)30-13-11-22-20-27-26(28-24(22)12-14-30)31-17-15-29(16-18-31)23-9-7-10-23/h3,5-6,8,19-20,23H,4,7,9-18H2,1-2H3/b8-5-,19-6+,21-3+. The van der Waals surface area contributed by atoms with Gasteiger partial charge in [-0.1, -0.05) is 24.6 Å². The Morgan fingerprint density at radius 1 is 1.12 bits per heavy atom. The van der Waals surface area contributed by atoms with Gasteiger partial charge in [-0.15, -0.1) is 0 Å². The fraction of sp³-hybridized carbons (Fsp3) is 0.577. The Balaban J connectivity index is 1.34. The van der Waals surface area contributed by atoms with E-state index in [1.807, 2.05) is 42.3 Å². The van der Waals surface area contributed by atoms with Crippen molar-refractivity contribution in [2.45, 2.75) is 51.5 Å². The lowest BCUT2D eigenvalue weighted by Gasteiger charge is -2.43. The molecule has 1 aromatic heterocycles. The normalized spacial score (nSPS) is 20.7. The van der Waals surface area contributed by atoms with Crippen LogP contribution in [0.25, 0.3) is 0 Å². The van der Waals surface area contributed by atoms with Gasteiger partial charge in [0, 0.05) is 63.5 Å². The number of methoxy groups -OCH3 is 1. The molecular weight excluding hydrogens is 414 g/mol. The summed E-state index contributed by atoms with van der Waals surface area (Å²) in [6, 6.07) is 0.808. The molecule has 0 atom stereocenters. The van der Waals surface area contributed by atoms with Crippen LogP contribution in [-0.4, -0.2) is 78.1 Å². The molecule has 7 nitrogen and oxygen atoms in total. The molecule has 3 heterocycles. The maximum atomic E-state index is 13.1. The number of ether oxygens (including phenoxy) is 1. The summed E-state index contributed by atoms with van der Waals surface area (Å²) in [6.45, 7) is 7.50. The molecular formula is C26H37N5O2. The topological polar surface area (TPSA) is 61.8 Å². The van der Waals surface area contributed by atoms with Crippen molar-refractivity contribution in [1.29, 1.82) is 0 Å². The minimum atomic E-state index is 0.0811. The zero-order valence-electron chi connectivity index (χ0n) is 20.1. The Labute approximate surface area is 197 Å². The Kier molecular flexibility index (Phi) is 8.15. The number of anilines is 1. The first-order chi connectivity index (χ1) is 16.2. The number of nitrogens with zero attached hydrogens (tertiary/aromatic N) is 5. The molecule has 7 heteroatoms. The zero-order valence-corrected chi connectivity index (χ0v) is 20.1. The van der Waals surface area contributed by atoms with E-state index in [2.05, 4.69) is 9.80 Å². The maximum Gasteiger partial charge on any atom is 0.253 e. The first-order valence-electron chi connectivity index (χ1n) is 12.3. The Hall–Kier alpha value is -2.67. The second kappa shape index (κ2) is 11.5. The van der Waals surface area contributed by atoms with Crippen molar-refractivity contribution in [3.8, 4) is 0 Å². The summed E-state index contributed by atoms with van der Waals surface area (Å²) in [4.78, 5) is 29.7. The molecule has 1 saturated carbocycles. The van der Waals surface area contributed by atoms with Gasteiger partial charge < -0.3 is 14.5 Å². The number of allylic oxidation sites excluding steroid dienone is 3. The third kappa shape index (κ3) is 5.82. The molecule has 1 amide bonds. The molecule has 4 rings (SSSR count). The van der Waals surface area contributed by atoms with Crippen LogP contribution in [0.15, 0.2) is 42.3 Å². The van der Waals surface area contributed by atoms with Crippen molar-refractivity contribution < 1.29 is 9.53 Å². The third-order valence-corrected chi connectivity index (χ3v) is 7.05. The fourth-order valence-electron chi connectivity index (χ4n) is 4.76. The molecule has 178 valence electrons. The van der Waals surface area contributed by atoms with Crippen LogP contribution in [0.3, 0.4) is 0 Å². The van der Waals surface area contributed by atoms with Gasteiger partial charge in [-0.05, 0) is 44.2 Å². The first-order valence-corrected chi connectivity index (χ1v) is 12.3. The zero-order chi connectivity index (χ0) is 23.0. The van der Waals surface area contributed by atoms with E-state index in [-0.39, 0.29) is 5.91 Å². The van der Waals surface area contributed by atoms with Crippen LogP contribution >= 0.6 is 0 Å². The minimum absolute atomic E-state index is 0.0811. The van der Waals surface area contributed by atoms with Crippen LogP contribution < -0.4 is 4.90 Å². The van der Waals surface area contributed by atoms with Gasteiger partial charge in [-0.2, -0.15) is 0 Å². The van der Waals surface area contributed by atoms with Gasteiger partial charge in [0.25, 0.3) is 5.91 Å². The van der Waals surface area contributed by atoms with E-state index in [4.69, 9.17) is 14.7 Å². The van der Waals surface area contributed by atoms with E-state index < -0.39 is 0 Å². The fourth-order valence-corrected chi connectivity index (χ4v) is 4.76. The quantitative estimate of drug-likeness (QED) is 0.361. The van der Waals surface area contributed by atoms with Crippen molar-refractivity contribution in [1.82, 2.24) is 19.8 Å². The van der Waals surface area contributed by atoms with Crippen LogP contribution in [0.1, 0.15) is 43.9 Å². The summed E-state index contributed by atoms with van der Waals surface area (Å²) >= 11 is 0. The van der Waals surface area contributed by atoms with E-state index in [1.165, 1.54) is 24.8 Å². The number of hydrogen-bond acceptors (Lipinski definition) is 6. The van der Waals surface area contributed by atoms with Gasteiger partial charge in [-0.25, -0.2) is 9.97 Å². The summed E-state index contributed by atoms with van der Waals surface area (Å²) in [5, 5.41) is 0. The molecule has 2 aliphatic heterocycles. The second-order valence-electron chi connectivity index (χ2n) is 9.03. The summed E-state index contributed by atoms with van der Waals surface area (Å²) in [6.07, 6.45) is 17.7. The SMILES string of the molecule is C/C=C(\C=C/C/C=C/OC)C(=O)N1CCc2cnc(N3CCN(C4CCC4)CC3)nc2CC1. The number of fused-ring (bicyclic) bond motifs is 1. The van der Waals surface area contributed by atoms with E-state index in [1.54, 1.807) is 13.4 Å². The van der Waals surface area contributed by atoms with Crippen molar-refractivity contribution in [2.24, 2.45) is 0 Å². The molecule has 0 radical (unpaired) electrons. The van der Waals surface area contributed by atoms with Gasteiger partial charge in [0.2, 0.25) is 5.95 Å². The highest BCUT2D eigenvalue weighted by molar-refractivity contribution is 5.96. The van der Waals surface area contributed by atoms with Crippen LogP contribution in [-0.2, 0) is 22.4 Å². The van der Waals surface area contributed by atoms with Crippen LogP contribution in [0.2, 0.25) is 0 Å². The Morgan fingerprint density at radius 2 is 1.91 bits per heavy atom. The molecule has 2 fully saturated rings. The van der Waals surface area contributed by atoms with Gasteiger partial charge in [0.15, 0.2) is 0 Å². The molecule has 0 unspecified atom stereocenters. The van der Waals surface area contributed by atoms with Gasteiger partial charge >= 0.3 is 0 Å². The summed E-state index contributed by atoms with van der Waals surface area (Å²) in [5.74, 6) is 0.931. The molecule has 1 aliphatic carbocycles. The number of rotatable bonds is 7. The lowest BCUT2D eigenvalue weighted by molar-refractivity contribution is -0.126. The van der Waals surface area contributed by atoms with Crippen molar-refractivity contribution in [3.05, 3.63) is 53.6 Å². The van der Waals surface area contributed by atoms with E-state index in [9.17, 15) is 4.79 Å². The molecule has 0 aromatic carbocycles. The average molecular weight is 452 g/mol. The molecule has 0 bridgehead atoms. The van der Waals surface area contributed by atoms with Crippen LogP contribution in [0.5, 0.6) is 0 Å². The molecule has 3 aliphatic rings. The second-order valence-corrected chi connectivity index (χ2v) is 9.03. The monoisotopic (exact) mass is 451 g/mol.